The van der Waals surface area contributed by atoms with Gasteiger partial charge in [-0.25, -0.2) is 0 Å². The molecule has 0 saturated heterocycles. The van der Waals surface area contributed by atoms with Gasteiger partial charge in [-0.15, -0.1) is 0 Å². The molecule has 1 heterocycles. The second-order valence-corrected chi connectivity index (χ2v) is 3.06. The van der Waals surface area contributed by atoms with E-state index in [1.807, 2.05) is 19.9 Å². The van der Waals surface area contributed by atoms with Gasteiger partial charge >= 0.3 is 0 Å². The predicted octanol–water partition coefficient (Wildman–Crippen LogP) is 2.38. The van der Waals surface area contributed by atoms with Crippen molar-refractivity contribution in [2.45, 2.75) is 20.8 Å². The number of hydrogen-bond donors (Lipinski definition) is 0. The molecule has 0 radical (unpaired) electrons. The molecule has 0 fully saturated rings. The highest BCUT2D eigenvalue weighted by atomic mass is 16.6. The maximum atomic E-state index is 11.5. The first-order valence-electron chi connectivity index (χ1n) is 4.42. The number of hydrogen-bond acceptors (Lipinski definition) is 3. The number of allylic oxidation sites excluding steroid dienone is 2. The van der Waals surface area contributed by atoms with Crippen LogP contribution >= 0.6 is 0 Å². The Kier molecular flexibility index (Phi) is 3.12. The molecule has 0 unspecified atom stereocenters. The summed E-state index contributed by atoms with van der Waals surface area (Å²) in [7, 11) is 1.49. The molecule has 0 amide bonds. The number of ether oxygens (including phenoxy) is 1. The maximum Gasteiger partial charge on any atom is 0.291 e. The van der Waals surface area contributed by atoms with E-state index in [0.29, 0.717) is 11.3 Å². The predicted molar refractivity (Wildman–Crippen MR) is 55.6 cm³/mol. The van der Waals surface area contributed by atoms with Gasteiger partial charge in [0.1, 0.15) is 5.76 Å². The Balaban J connectivity index is 3.38. The van der Waals surface area contributed by atoms with Crippen LogP contribution in [-0.2, 0) is 0 Å². The average molecular weight is 194 g/mol. The van der Waals surface area contributed by atoms with Crippen LogP contribution in [0.15, 0.2) is 21.4 Å². The smallest absolute Gasteiger partial charge is 0.291 e. The summed E-state index contributed by atoms with van der Waals surface area (Å²) in [5.41, 5.74) is 1.35. The molecule has 1 aromatic rings. The van der Waals surface area contributed by atoms with E-state index in [1.54, 1.807) is 6.92 Å². The Morgan fingerprint density at radius 2 is 2.21 bits per heavy atom. The first-order chi connectivity index (χ1) is 6.60. The van der Waals surface area contributed by atoms with Crippen LogP contribution in [0.2, 0.25) is 0 Å². The SMILES string of the molecule is C/C=C(\C)c1cc(=O)c(C)c(OC)o1. The zero-order chi connectivity index (χ0) is 10.7. The van der Waals surface area contributed by atoms with Gasteiger partial charge in [-0.2, -0.15) is 0 Å². The average Bonchev–Trinajstić information content (AvgIpc) is 2.20. The van der Waals surface area contributed by atoms with Crippen LogP contribution in [-0.4, -0.2) is 7.11 Å². The van der Waals surface area contributed by atoms with Crippen molar-refractivity contribution in [3.05, 3.63) is 33.7 Å². The largest absolute Gasteiger partial charge is 0.468 e. The monoisotopic (exact) mass is 194 g/mol. The van der Waals surface area contributed by atoms with Gasteiger partial charge in [0.05, 0.1) is 12.7 Å². The van der Waals surface area contributed by atoms with Crippen LogP contribution in [0.1, 0.15) is 25.2 Å². The second-order valence-electron chi connectivity index (χ2n) is 3.06. The highest BCUT2D eigenvalue weighted by molar-refractivity contribution is 5.58. The van der Waals surface area contributed by atoms with Gasteiger partial charge in [0, 0.05) is 6.07 Å². The highest BCUT2D eigenvalue weighted by Crippen LogP contribution is 2.20. The Hall–Kier alpha value is -1.51. The van der Waals surface area contributed by atoms with Crippen LogP contribution in [0, 0.1) is 6.92 Å². The third-order valence-electron chi connectivity index (χ3n) is 2.15. The summed E-state index contributed by atoms with van der Waals surface area (Å²) in [5, 5.41) is 0. The first kappa shape index (κ1) is 10.6. The van der Waals surface area contributed by atoms with Crippen molar-refractivity contribution in [3.63, 3.8) is 0 Å². The third kappa shape index (κ3) is 1.87. The highest BCUT2D eigenvalue weighted by Gasteiger charge is 2.08. The first-order valence-corrected chi connectivity index (χ1v) is 4.42. The summed E-state index contributed by atoms with van der Waals surface area (Å²) in [6, 6.07) is 1.48. The second kappa shape index (κ2) is 4.13. The Labute approximate surface area is 83.0 Å². The van der Waals surface area contributed by atoms with E-state index in [2.05, 4.69) is 0 Å². The van der Waals surface area contributed by atoms with Crippen molar-refractivity contribution in [1.29, 1.82) is 0 Å². The van der Waals surface area contributed by atoms with E-state index in [-0.39, 0.29) is 11.4 Å². The Morgan fingerprint density at radius 3 is 2.71 bits per heavy atom. The fourth-order valence-electron chi connectivity index (χ4n) is 1.07. The Bertz CT molecular complexity index is 413. The lowest BCUT2D eigenvalue weighted by molar-refractivity contribution is 0.289. The summed E-state index contributed by atoms with van der Waals surface area (Å²) in [4.78, 5) is 11.5. The molecule has 0 aromatic carbocycles. The molecule has 0 saturated carbocycles. The molecule has 0 aliphatic heterocycles. The fraction of sp³-hybridized carbons (Fsp3) is 0.364. The van der Waals surface area contributed by atoms with Crippen molar-refractivity contribution in [1.82, 2.24) is 0 Å². The van der Waals surface area contributed by atoms with E-state index in [4.69, 9.17) is 9.15 Å². The van der Waals surface area contributed by atoms with E-state index >= 15 is 0 Å². The van der Waals surface area contributed by atoms with E-state index < -0.39 is 0 Å². The molecule has 0 N–H and O–H groups in total. The zero-order valence-corrected chi connectivity index (χ0v) is 8.88. The number of methoxy groups -OCH3 is 1. The molecule has 1 rings (SSSR count). The molecule has 0 spiro atoms. The lowest BCUT2D eigenvalue weighted by atomic mass is 10.2. The summed E-state index contributed by atoms with van der Waals surface area (Å²) in [6.45, 7) is 5.45. The lowest BCUT2D eigenvalue weighted by Crippen LogP contribution is -2.06. The van der Waals surface area contributed by atoms with Crippen molar-refractivity contribution < 1.29 is 9.15 Å². The number of rotatable bonds is 2. The molecular formula is C11H14O3. The zero-order valence-electron chi connectivity index (χ0n) is 8.88. The molecule has 3 heteroatoms. The summed E-state index contributed by atoms with van der Waals surface area (Å²) >= 11 is 0. The molecule has 14 heavy (non-hydrogen) atoms. The minimum absolute atomic E-state index is 0.0655. The topological polar surface area (TPSA) is 39.4 Å². The quantitative estimate of drug-likeness (QED) is 0.725. The fourth-order valence-corrected chi connectivity index (χ4v) is 1.07. The summed E-state index contributed by atoms with van der Waals surface area (Å²) < 4.78 is 10.4. The molecular weight excluding hydrogens is 180 g/mol. The van der Waals surface area contributed by atoms with Crippen molar-refractivity contribution in [3.8, 4) is 5.95 Å². The minimum atomic E-state index is -0.0655. The molecule has 0 aliphatic carbocycles. The van der Waals surface area contributed by atoms with Gasteiger partial charge < -0.3 is 9.15 Å². The van der Waals surface area contributed by atoms with Gasteiger partial charge in [-0.1, -0.05) is 6.08 Å². The van der Waals surface area contributed by atoms with E-state index in [9.17, 15) is 4.79 Å². The van der Waals surface area contributed by atoms with Crippen molar-refractivity contribution in [2.24, 2.45) is 0 Å². The van der Waals surface area contributed by atoms with Gasteiger partial charge in [-0.3, -0.25) is 4.79 Å². The standard InChI is InChI=1S/C11H14O3/c1-5-7(2)10-6-9(12)8(3)11(13-4)14-10/h5-6H,1-4H3/b7-5+. The van der Waals surface area contributed by atoms with Crippen LogP contribution in [0.4, 0.5) is 0 Å². The molecule has 0 aliphatic rings. The Morgan fingerprint density at radius 1 is 1.57 bits per heavy atom. The van der Waals surface area contributed by atoms with Crippen LogP contribution in [0.3, 0.4) is 0 Å². The maximum absolute atomic E-state index is 11.5. The van der Waals surface area contributed by atoms with Gasteiger partial charge in [0.2, 0.25) is 0 Å². The van der Waals surface area contributed by atoms with Gasteiger partial charge in [0.25, 0.3) is 5.95 Å². The third-order valence-corrected chi connectivity index (χ3v) is 2.15. The molecule has 1 aromatic heterocycles. The summed E-state index contributed by atoms with van der Waals surface area (Å²) in [6.07, 6.45) is 1.88. The molecule has 3 nitrogen and oxygen atoms in total. The molecule has 0 atom stereocenters. The van der Waals surface area contributed by atoms with Crippen molar-refractivity contribution >= 4 is 5.57 Å². The molecule has 76 valence electrons. The van der Waals surface area contributed by atoms with Gasteiger partial charge in [0.15, 0.2) is 5.43 Å². The van der Waals surface area contributed by atoms with Crippen LogP contribution in [0.5, 0.6) is 5.95 Å². The van der Waals surface area contributed by atoms with Crippen LogP contribution in [0.25, 0.3) is 5.57 Å². The normalized spacial score (nSPS) is 11.6. The van der Waals surface area contributed by atoms with E-state index in [0.717, 1.165) is 5.57 Å². The molecule has 0 bridgehead atoms. The van der Waals surface area contributed by atoms with E-state index in [1.165, 1.54) is 13.2 Å². The van der Waals surface area contributed by atoms with Crippen LogP contribution < -0.4 is 10.2 Å². The minimum Gasteiger partial charge on any atom is -0.468 e. The van der Waals surface area contributed by atoms with Crippen molar-refractivity contribution in [2.75, 3.05) is 7.11 Å². The summed E-state index contributed by atoms with van der Waals surface area (Å²) in [5.74, 6) is 0.841. The van der Waals surface area contributed by atoms with Gasteiger partial charge in [-0.05, 0) is 26.3 Å². The lowest BCUT2D eigenvalue weighted by Gasteiger charge is -2.05.